The summed E-state index contributed by atoms with van der Waals surface area (Å²) in [6.45, 7) is 1.87. The average molecular weight is 445 g/mol. The highest BCUT2D eigenvalue weighted by Gasteiger charge is 2.23. The summed E-state index contributed by atoms with van der Waals surface area (Å²) in [7, 11) is -4.21. The van der Waals surface area contributed by atoms with Crippen LogP contribution in [0.4, 0.5) is 0 Å². The van der Waals surface area contributed by atoms with Gasteiger partial charge in [-0.05, 0) is 59.3 Å². The summed E-state index contributed by atoms with van der Waals surface area (Å²) >= 11 is 9.04. The molecule has 0 aliphatic heterocycles. The molecular formula is C16H11BrClNO5S. The smallest absolute Gasteiger partial charge is 0.340 e. The Balaban J connectivity index is 2.34. The van der Waals surface area contributed by atoms with Crippen molar-refractivity contribution in [3.8, 4) is 11.8 Å². The van der Waals surface area contributed by atoms with Gasteiger partial charge in [0, 0.05) is 4.47 Å². The molecule has 0 saturated carbocycles. The molecule has 0 amide bonds. The molecule has 0 heterocycles. The number of rotatable bonds is 5. The number of esters is 1. The number of carbonyl (C=O) groups excluding carboxylic acids is 1. The molecule has 0 spiro atoms. The Morgan fingerprint density at radius 3 is 2.56 bits per heavy atom. The van der Waals surface area contributed by atoms with Crippen molar-refractivity contribution >= 4 is 43.6 Å². The first-order valence-corrected chi connectivity index (χ1v) is 9.47. The van der Waals surface area contributed by atoms with Crippen LogP contribution >= 0.6 is 27.5 Å². The van der Waals surface area contributed by atoms with E-state index in [1.807, 2.05) is 6.07 Å². The van der Waals surface area contributed by atoms with Crippen LogP contribution in [0.2, 0.25) is 5.02 Å². The Kier molecular flexibility index (Phi) is 6.06. The van der Waals surface area contributed by atoms with Crippen LogP contribution in [0.3, 0.4) is 0 Å². The second-order valence-electron chi connectivity index (χ2n) is 4.66. The highest BCUT2D eigenvalue weighted by Crippen LogP contribution is 2.31. The number of ether oxygens (including phenoxy) is 1. The van der Waals surface area contributed by atoms with Crippen LogP contribution in [0.5, 0.6) is 5.75 Å². The molecule has 0 N–H and O–H groups in total. The van der Waals surface area contributed by atoms with Gasteiger partial charge in [-0.3, -0.25) is 0 Å². The van der Waals surface area contributed by atoms with E-state index < -0.39 is 16.1 Å². The molecule has 0 saturated heterocycles. The maximum absolute atomic E-state index is 12.4. The fourth-order valence-electron chi connectivity index (χ4n) is 1.85. The molecule has 2 rings (SSSR count). The van der Waals surface area contributed by atoms with Crippen LogP contribution in [0.1, 0.15) is 22.8 Å². The molecule has 0 unspecified atom stereocenters. The van der Waals surface area contributed by atoms with Crippen molar-refractivity contribution in [2.45, 2.75) is 11.8 Å². The summed E-state index contributed by atoms with van der Waals surface area (Å²) in [6.07, 6.45) is 0. The lowest BCUT2D eigenvalue weighted by Gasteiger charge is -2.11. The SMILES string of the molecule is CCOC(=O)c1ccc(S(=O)(=O)Oc2ccc(C#N)cc2Cl)c(Br)c1. The van der Waals surface area contributed by atoms with Gasteiger partial charge >= 0.3 is 16.1 Å². The molecule has 130 valence electrons. The minimum absolute atomic E-state index is 0.0121. The third-order valence-corrected chi connectivity index (χ3v) is 5.48. The second-order valence-corrected chi connectivity index (χ2v) is 7.44. The predicted molar refractivity (Wildman–Crippen MR) is 94.1 cm³/mol. The third-order valence-electron chi connectivity index (χ3n) is 2.97. The van der Waals surface area contributed by atoms with Crippen molar-refractivity contribution in [1.29, 1.82) is 5.26 Å². The Labute approximate surface area is 158 Å². The summed E-state index contributed by atoms with van der Waals surface area (Å²) in [5, 5.41) is 8.79. The van der Waals surface area contributed by atoms with Crippen molar-refractivity contribution in [3.63, 3.8) is 0 Å². The number of hydrogen-bond acceptors (Lipinski definition) is 6. The van der Waals surface area contributed by atoms with E-state index in [0.717, 1.165) is 0 Å². The molecule has 0 aliphatic carbocycles. The summed E-state index contributed by atoms with van der Waals surface area (Å²) in [6, 6.07) is 9.73. The lowest BCUT2D eigenvalue weighted by molar-refractivity contribution is 0.0526. The number of halogens is 2. The Morgan fingerprint density at radius 2 is 2.00 bits per heavy atom. The molecule has 2 aromatic carbocycles. The number of benzene rings is 2. The van der Waals surface area contributed by atoms with Gasteiger partial charge in [0.1, 0.15) is 4.90 Å². The highest BCUT2D eigenvalue weighted by molar-refractivity contribution is 9.10. The maximum atomic E-state index is 12.4. The fourth-order valence-corrected chi connectivity index (χ4v) is 4.09. The van der Waals surface area contributed by atoms with E-state index in [0.29, 0.717) is 0 Å². The summed E-state index contributed by atoms with van der Waals surface area (Å²) in [5.74, 6) is -0.676. The highest BCUT2D eigenvalue weighted by atomic mass is 79.9. The largest absolute Gasteiger partial charge is 0.462 e. The lowest BCUT2D eigenvalue weighted by Crippen LogP contribution is -2.12. The van der Waals surface area contributed by atoms with Crippen molar-refractivity contribution in [2.75, 3.05) is 6.61 Å². The van der Waals surface area contributed by atoms with Crippen LogP contribution in [0, 0.1) is 11.3 Å². The van der Waals surface area contributed by atoms with Crippen molar-refractivity contribution < 1.29 is 22.1 Å². The summed E-state index contributed by atoms with van der Waals surface area (Å²) < 4.78 is 34.9. The van der Waals surface area contributed by atoms with Crippen molar-refractivity contribution in [3.05, 3.63) is 57.0 Å². The maximum Gasteiger partial charge on any atom is 0.340 e. The van der Waals surface area contributed by atoms with Gasteiger partial charge in [-0.2, -0.15) is 13.7 Å². The molecule has 0 radical (unpaired) electrons. The zero-order chi connectivity index (χ0) is 18.6. The molecule has 2 aromatic rings. The van der Waals surface area contributed by atoms with E-state index in [-0.39, 0.29) is 37.9 Å². The minimum atomic E-state index is -4.21. The summed E-state index contributed by atoms with van der Waals surface area (Å²) in [5.41, 5.74) is 0.471. The van der Waals surface area contributed by atoms with Gasteiger partial charge in [0.15, 0.2) is 5.75 Å². The van der Waals surface area contributed by atoms with Crippen molar-refractivity contribution in [1.82, 2.24) is 0 Å². The first-order chi connectivity index (χ1) is 11.8. The number of nitriles is 1. The van der Waals surface area contributed by atoms with Gasteiger partial charge in [-0.15, -0.1) is 0 Å². The topological polar surface area (TPSA) is 93.5 Å². The zero-order valence-corrected chi connectivity index (χ0v) is 16.0. The van der Waals surface area contributed by atoms with E-state index in [1.165, 1.54) is 36.4 Å². The van der Waals surface area contributed by atoms with Gasteiger partial charge in [-0.25, -0.2) is 4.79 Å². The number of carbonyl (C=O) groups is 1. The van der Waals surface area contributed by atoms with Crippen molar-refractivity contribution in [2.24, 2.45) is 0 Å². The average Bonchev–Trinajstić information content (AvgIpc) is 2.56. The summed E-state index contributed by atoms with van der Waals surface area (Å²) in [4.78, 5) is 11.5. The van der Waals surface area contributed by atoms with Gasteiger partial charge in [-0.1, -0.05) is 11.6 Å². The Bertz CT molecular complexity index is 969. The monoisotopic (exact) mass is 443 g/mol. The van der Waals surface area contributed by atoms with Gasteiger partial charge in [0.05, 0.1) is 28.8 Å². The van der Waals surface area contributed by atoms with Crippen LogP contribution in [-0.4, -0.2) is 21.0 Å². The zero-order valence-electron chi connectivity index (χ0n) is 12.8. The van der Waals surface area contributed by atoms with Gasteiger partial charge in [0.25, 0.3) is 0 Å². The van der Waals surface area contributed by atoms with E-state index in [1.54, 1.807) is 6.92 Å². The van der Waals surface area contributed by atoms with E-state index >= 15 is 0 Å². The molecule has 0 bridgehead atoms. The first-order valence-electron chi connectivity index (χ1n) is 6.89. The van der Waals surface area contributed by atoms with Gasteiger partial charge < -0.3 is 8.92 Å². The molecule has 25 heavy (non-hydrogen) atoms. The first kappa shape index (κ1) is 19.2. The lowest BCUT2D eigenvalue weighted by atomic mass is 10.2. The molecule has 0 atom stereocenters. The third kappa shape index (κ3) is 4.51. The van der Waals surface area contributed by atoms with Crippen LogP contribution in [0.15, 0.2) is 45.8 Å². The molecule has 0 aromatic heterocycles. The molecular weight excluding hydrogens is 434 g/mol. The van der Waals surface area contributed by atoms with E-state index in [4.69, 9.17) is 25.8 Å². The van der Waals surface area contributed by atoms with Crippen LogP contribution < -0.4 is 4.18 Å². The molecule has 6 nitrogen and oxygen atoms in total. The predicted octanol–water partition coefficient (Wildman–Crippen LogP) is 3.92. The molecule has 0 fully saturated rings. The van der Waals surface area contributed by atoms with Crippen LogP contribution in [-0.2, 0) is 14.9 Å². The van der Waals surface area contributed by atoms with E-state index in [2.05, 4.69) is 15.9 Å². The number of hydrogen-bond donors (Lipinski definition) is 0. The Morgan fingerprint density at radius 1 is 1.28 bits per heavy atom. The van der Waals surface area contributed by atoms with Crippen LogP contribution in [0.25, 0.3) is 0 Å². The fraction of sp³-hybridized carbons (Fsp3) is 0.125. The molecule has 9 heteroatoms. The number of nitrogens with zero attached hydrogens (tertiary/aromatic N) is 1. The Hall–Kier alpha value is -2.08. The standard InChI is InChI=1S/C16H11BrClNO5S/c1-2-23-16(20)11-4-6-15(12(17)8-11)25(21,22)24-14-5-3-10(9-19)7-13(14)18/h3-8H,2H2,1H3. The molecule has 0 aliphatic rings. The second kappa shape index (κ2) is 7.87. The normalized spacial score (nSPS) is 10.8. The van der Waals surface area contributed by atoms with E-state index in [9.17, 15) is 13.2 Å². The quantitative estimate of drug-likeness (QED) is 0.512. The minimum Gasteiger partial charge on any atom is -0.462 e. The van der Waals surface area contributed by atoms with Gasteiger partial charge in [0.2, 0.25) is 0 Å².